The molecule has 0 aliphatic carbocycles. The summed E-state index contributed by atoms with van der Waals surface area (Å²) in [7, 11) is 0. The molecule has 1 unspecified atom stereocenters. The van der Waals surface area contributed by atoms with Gasteiger partial charge in [-0.3, -0.25) is 14.4 Å². The molecule has 0 saturated carbocycles. The minimum absolute atomic E-state index is 0.0227. The first-order valence-electron chi connectivity index (χ1n) is 6.82. The Kier molecular flexibility index (Phi) is 8.43. The van der Waals surface area contributed by atoms with E-state index in [-0.39, 0.29) is 43.2 Å². The summed E-state index contributed by atoms with van der Waals surface area (Å²) in [6.07, 6.45) is 1.00. The molecule has 0 radical (unpaired) electrons. The van der Waals surface area contributed by atoms with Crippen molar-refractivity contribution in [2.75, 3.05) is 0 Å². The van der Waals surface area contributed by atoms with Crippen LogP contribution in [0.3, 0.4) is 0 Å². The van der Waals surface area contributed by atoms with Gasteiger partial charge in [0.05, 0.1) is 0 Å². The average Bonchev–Trinajstić information content (AvgIpc) is 2.30. The molecular formula is C14H24N2O4. The van der Waals surface area contributed by atoms with Crippen LogP contribution in [-0.2, 0) is 19.2 Å². The molecule has 2 amide bonds. The molecule has 6 nitrogen and oxygen atoms in total. The molecule has 0 aliphatic heterocycles. The summed E-state index contributed by atoms with van der Waals surface area (Å²) >= 11 is 0. The number of amides is 2. The van der Waals surface area contributed by atoms with Gasteiger partial charge in [-0.05, 0) is 19.3 Å². The van der Waals surface area contributed by atoms with Crippen LogP contribution in [-0.4, -0.2) is 29.4 Å². The fraction of sp³-hybridized carbons (Fsp3) is 0.714. The van der Waals surface area contributed by atoms with Gasteiger partial charge in [-0.1, -0.05) is 13.8 Å². The average molecular weight is 284 g/mol. The zero-order valence-electron chi connectivity index (χ0n) is 12.4. The maximum atomic E-state index is 11.6. The second kappa shape index (κ2) is 9.23. The number of rotatable bonds is 10. The minimum Gasteiger partial charge on any atom is -0.368 e. The smallest absolute Gasteiger partial charge is 0.240 e. The third-order valence-electron chi connectivity index (χ3n) is 2.73. The highest BCUT2D eigenvalue weighted by molar-refractivity contribution is 5.89. The van der Waals surface area contributed by atoms with E-state index in [1.807, 2.05) is 13.8 Å². The molecule has 0 rings (SSSR count). The standard InChI is InChI=1S/C14H24N2O4/c1-9(2)8-11(18)5-7-13(19)16-12(14(15)20)6-4-10(3)17/h9,12H,4-8H2,1-3H3,(H2,15,20)(H,16,19). The van der Waals surface area contributed by atoms with Gasteiger partial charge >= 0.3 is 0 Å². The Morgan fingerprint density at radius 3 is 2.10 bits per heavy atom. The van der Waals surface area contributed by atoms with Crippen molar-refractivity contribution in [3.63, 3.8) is 0 Å². The Morgan fingerprint density at radius 2 is 1.65 bits per heavy atom. The zero-order valence-corrected chi connectivity index (χ0v) is 12.4. The van der Waals surface area contributed by atoms with Crippen LogP contribution in [0.25, 0.3) is 0 Å². The SMILES string of the molecule is CC(=O)CCC(NC(=O)CCC(=O)CC(C)C)C(N)=O. The molecule has 114 valence electrons. The van der Waals surface area contributed by atoms with Crippen LogP contribution in [0.15, 0.2) is 0 Å². The van der Waals surface area contributed by atoms with E-state index in [0.717, 1.165) is 0 Å². The largest absolute Gasteiger partial charge is 0.368 e. The first kappa shape index (κ1) is 18.3. The predicted octanol–water partition coefficient (Wildman–Crippen LogP) is 0.721. The first-order chi connectivity index (χ1) is 9.22. The summed E-state index contributed by atoms with van der Waals surface area (Å²) < 4.78 is 0. The number of hydrogen-bond acceptors (Lipinski definition) is 4. The molecule has 1 atom stereocenters. The monoisotopic (exact) mass is 284 g/mol. The second-order valence-electron chi connectivity index (χ2n) is 5.40. The van der Waals surface area contributed by atoms with E-state index in [1.165, 1.54) is 6.92 Å². The summed E-state index contributed by atoms with van der Waals surface area (Å²) in [6, 6.07) is -0.855. The Bertz CT molecular complexity index is 377. The van der Waals surface area contributed by atoms with Crippen molar-refractivity contribution >= 4 is 23.4 Å². The Hall–Kier alpha value is -1.72. The Balaban J connectivity index is 4.16. The number of nitrogens with one attached hydrogen (secondary N) is 1. The molecule has 0 aliphatic rings. The maximum absolute atomic E-state index is 11.6. The molecule has 6 heteroatoms. The molecule has 0 bridgehead atoms. The fourth-order valence-corrected chi connectivity index (χ4v) is 1.71. The van der Waals surface area contributed by atoms with Gasteiger partial charge in [0.15, 0.2) is 0 Å². The van der Waals surface area contributed by atoms with E-state index in [2.05, 4.69) is 5.32 Å². The predicted molar refractivity (Wildman–Crippen MR) is 74.7 cm³/mol. The normalized spacial score (nSPS) is 12.0. The third kappa shape index (κ3) is 9.24. The van der Waals surface area contributed by atoms with Gasteiger partial charge in [0, 0.05) is 25.7 Å². The van der Waals surface area contributed by atoms with E-state index < -0.39 is 17.9 Å². The molecule has 3 N–H and O–H groups in total. The topological polar surface area (TPSA) is 106 Å². The molecular weight excluding hydrogens is 260 g/mol. The second-order valence-corrected chi connectivity index (χ2v) is 5.40. The molecule has 0 saturated heterocycles. The highest BCUT2D eigenvalue weighted by Crippen LogP contribution is 2.05. The highest BCUT2D eigenvalue weighted by Gasteiger charge is 2.19. The first-order valence-corrected chi connectivity index (χ1v) is 6.82. The van der Waals surface area contributed by atoms with E-state index >= 15 is 0 Å². The number of primary amides is 1. The Morgan fingerprint density at radius 1 is 1.05 bits per heavy atom. The van der Waals surface area contributed by atoms with Crippen LogP contribution in [0.5, 0.6) is 0 Å². The zero-order chi connectivity index (χ0) is 15.7. The lowest BCUT2D eigenvalue weighted by atomic mass is 10.0. The number of carbonyl (C=O) groups excluding carboxylic acids is 4. The molecule has 0 aromatic heterocycles. The fourth-order valence-electron chi connectivity index (χ4n) is 1.71. The van der Waals surface area contributed by atoms with Gasteiger partial charge in [0.2, 0.25) is 11.8 Å². The number of hydrogen-bond donors (Lipinski definition) is 2. The van der Waals surface area contributed by atoms with Crippen LogP contribution in [0, 0.1) is 5.92 Å². The molecule has 20 heavy (non-hydrogen) atoms. The third-order valence-corrected chi connectivity index (χ3v) is 2.73. The number of nitrogens with two attached hydrogens (primary N) is 1. The van der Waals surface area contributed by atoms with E-state index in [4.69, 9.17) is 5.73 Å². The summed E-state index contributed by atoms with van der Waals surface area (Å²) in [5, 5.41) is 2.46. The van der Waals surface area contributed by atoms with Crippen molar-refractivity contribution in [3.8, 4) is 0 Å². The number of carbonyl (C=O) groups is 4. The van der Waals surface area contributed by atoms with Crippen molar-refractivity contribution < 1.29 is 19.2 Å². The quantitative estimate of drug-likeness (QED) is 0.616. The van der Waals surface area contributed by atoms with E-state index in [1.54, 1.807) is 0 Å². The van der Waals surface area contributed by atoms with E-state index in [9.17, 15) is 19.2 Å². The van der Waals surface area contributed by atoms with Gasteiger partial charge < -0.3 is 15.8 Å². The van der Waals surface area contributed by atoms with Crippen LogP contribution < -0.4 is 11.1 Å². The lowest BCUT2D eigenvalue weighted by molar-refractivity contribution is -0.129. The summed E-state index contributed by atoms with van der Waals surface area (Å²) in [4.78, 5) is 45.1. The molecule has 0 fully saturated rings. The van der Waals surface area contributed by atoms with Crippen molar-refractivity contribution in [3.05, 3.63) is 0 Å². The van der Waals surface area contributed by atoms with Gasteiger partial charge in [0.25, 0.3) is 0 Å². The minimum atomic E-state index is -0.855. The number of ketones is 2. The maximum Gasteiger partial charge on any atom is 0.240 e. The highest BCUT2D eigenvalue weighted by atomic mass is 16.2. The molecule has 0 aromatic rings. The van der Waals surface area contributed by atoms with Crippen molar-refractivity contribution in [2.24, 2.45) is 11.7 Å². The van der Waals surface area contributed by atoms with Crippen LogP contribution in [0.2, 0.25) is 0 Å². The Labute approximate surface area is 119 Å². The van der Waals surface area contributed by atoms with Gasteiger partial charge in [-0.15, -0.1) is 0 Å². The van der Waals surface area contributed by atoms with Crippen molar-refractivity contribution in [2.45, 2.75) is 58.9 Å². The van der Waals surface area contributed by atoms with Crippen LogP contribution in [0.1, 0.15) is 52.9 Å². The van der Waals surface area contributed by atoms with Gasteiger partial charge in [-0.25, -0.2) is 0 Å². The van der Waals surface area contributed by atoms with Crippen molar-refractivity contribution in [1.82, 2.24) is 5.32 Å². The number of Topliss-reactive ketones (excluding diaryl/α,β-unsaturated/α-hetero) is 2. The van der Waals surface area contributed by atoms with Gasteiger partial charge in [0.1, 0.15) is 17.6 Å². The summed E-state index contributed by atoms with van der Waals surface area (Å²) in [5.74, 6) is -0.853. The summed E-state index contributed by atoms with van der Waals surface area (Å²) in [5.41, 5.74) is 5.16. The van der Waals surface area contributed by atoms with Gasteiger partial charge in [-0.2, -0.15) is 0 Å². The molecule has 0 aromatic carbocycles. The lowest BCUT2D eigenvalue weighted by Gasteiger charge is -2.14. The molecule has 0 spiro atoms. The van der Waals surface area contributed by atoms with Crippen molar-refractivity contribution in [1.29, 1.82) is 0 Å². The lowest BCUT2D eigenvalue weighted by Crippen LogP contribution is -2.44. The summed E-state index contributed by atoms with van der Waals surface area (Å²) in [6.45, 7) is 5.27. The van der Waals surface area contributed by atoms with Crippen LogP contribution in [0.4, 0.5) is 0 Å². The van der Waals surface area contributed by atoms with E-state index in [0.29, 0.717) is 6.42 Å². The van der Waals surface area contributed by atoms with Crippen LogP contribution >= 0.6 is 0 Å². The molecule has 0 heterocycles.